The van der Waals surface area contributed by atoms with E-state index in [-0.39, 0.29) is 5.56 Å². The van der Waals surface area contributed by atoms with Crippen molar-refractivity contribution in [3.8, 4) is 0 Å². The van der Waals surface area contributed by atoms with E-state index in [4.69, 9.17) is 4.74 Å². The van der Waals surface area contributed by atoms with Gasteiger partial charge in [0.2, 0.25) is 0 Å². The lowest BCUT2D eigenvalue weighted by molar-refractivity contribution is 0.0695. The van der Waals surface area contributed by atoms with Crippen molar-refractivity contribution in [2.24, 2.45) is 0 Å². The first-order chi connectivity index (χ1) is 9.60. The molecule has 2 rings (SSSR count). The number of ether oxygens (including phenoxy) is 1. The molecule has 1 aliphatic rings. The highest BCUT2D eigenvalue weighted by Crippen LogP contribution is 2.44. The molecular formula is C15H20O4S. The average molecular weight is 296 g/mol. The zero-order valence-electron chi connectivity index (χ0n) is 11.8. The predicted octanol–water partition coefficient (Wildman–Crippen LogP) is 2.58. The largest absolute Gasteiger partial charge is 0.478 e. The summed E-state index contributed by atoms with van der Waals surface area (Å²) in [5, 5.41) is 9.30. The predicted molar refractivity (Wildman–Crippen MR) is 77.9 cm³/mol. The molecule has 5 heteroatoms. The molecular weight excluding hydrogens is 276 g/mol. The second kappa shape index (κ2) is 6.50. The summed E-state index contributed by atoms with van der Waals surface area (Å²) in [6, 6.07) is 3.51. The number of carbonyl (C=O) groups is 1. The summed E-state index contributed by atoms with van der Waals surface area (Å²) in [6.07, 6.45) is 2.78. The Labute approximate surface area is 121 Å². The summed E-state index contributed by atoms with van der Waals surface area (Å²) < 4.78 is 17.5. The molecule has 0 heterocycles. The number of aromatic carboxylic acids is 1. The first kappa shape index (κ1) is 15.2. The Morgan fingerprint density at radius 2 is 2.15 bits per heavy atom. The molecule has 0 radical (unpaired) electrons. The van der Waals surface area contributed by atoms with Crippen LogP contribution in [0.5, 0.6) is 0 Å². The number of hydrogen-bond acceptors (Lipinski definition) is 3. The summed E-state index contributed by atoms with van der Waals surface area (Å²) in [5.41, 5.74) is 2.07. The normalized spacial score (nSPS) is 16.1. The van der Waals surface area contributed by atoms with Crippen molar-refractivity contribution >= 4 is 16.8 Å². The fourth-order valence-corrected chi connectivity index (χ4v) is 3.99. The van der Waals surface area contributed by atoms with Crippen LogP contribution >= 0.6 is 0 Å². The molecule has 0 aromatic heterocycles. The second-order valence-corrected chi connectivity index (χ2v) is 6.49. The van der Waals surface area contributed by atoms with E-state index in [2.05, 4.69) is 0 Å². The van der Waals surface area contributed by atoms with Gasteiger partial charge in [-0.05, 0) is 42.4 Å². The van der Waals surface area contributed by atoms with Crippen molar-refractivity contribution in [2.45, 2.75) is 37.0 Å². The van der Waals surface area contributed by atoms with E-state index in [9.17, 15) is 14.1 Å². The maximum Gasteiger partial charge on any atom is 0.336 e. The smallest absolute Gasteiger partial charge is 0.336 e. The van der Waals surface area contributed by atoms with Gasteiger partial charge in [0.15, 0.2) is 0 Å². The summed E-state index contributed by atoms with van der Waals surface area (Å²) in [6.45, 7) is 2.33. The molecule has 110 valence electrons. The molecule has 0 spiro atoms. The minimum atomic E-state index is -1.20. The highest BCUT2D eigenvalue weighted by Gasteiger charge is 2.30. The Morgan fingerprint density at radius 1 is 1.45 bits per heavy atom. The Morgan fingerprint density at radius 3 is 2.65 bits per heavy atom. The van der Waals surface area contributed by atoms with Gasteiger partial charge < -0.3 is 9.84 Å². The van der Waals surface area contributed by atoms with Crippen LogP contribution in [0, 0.1) is 0 Å². The fraction of sp³-hybridized carbons (Fsp3) is 0.533. The van der Waals surface area contributed by atoms with E-state index in [0.717, 1.165) is 28.9 Å². The van der Waals surface area contributed by atoms with Gasteiger partial charge in [-0.25, -0.2) is 4.79 Å². The quantitative estimate of drug-likeness (QED) is 0.840. The van der Waals surface area contributed by atoms with Crippen LogP contribution < -0.4 is 0 Å². The molecule has 0 saturated heterocycles. The maximum atomic E-state index is 12.5. The average Bonchev–Trinajstić information content (AvgIpc) is 3.27. The Hall–Kier alpha value is -1.20. The van der Waals surface area contributed by atoms with E-state index in [1.54, 1.807) is 13.2 Å². The molecule has 20 heavy (non-hydrogen) atoms. The van der Waals surface area contributed by atoms with Gasteiger partial charge in [0, 0.05) is 12.0 Å². The minimum absolute atomic E-state index is 0.276. The van der Waals surface area contributed by atoms with Gasteiger partial charge in [0.1, 0.15) is 0 Å². The summed E-state index contributed by atoms with van der Waals surface area (Å²) in [7, 11) is 0.375. The lowest BCUT2D eigenvalue weighted by Gasteiger charge is -2.15. The van der Waals surface area contributed by atoms with Gasteiger partial charge in [0.05, 0.1) is 28.7 Å². The zero-order chi connectivity index (χ0) is 14.7. The van der Waals surface area contributed by atoms with E-state index >= 15 is 0 Å². The Balaban J connectivity index is 2.50. The number of methoxy groups -OCH3 is 1. The van der Waals surface area contributed by atoms with Crippen molar-refractivity contribution in [2.75, 3.05) is 19.5 Å². The molecule has 1 aromatic carbocycles. The molecule has 0 amide bonds. The van der Waals surface area contributed by atoms with Crippen LogP contribution in [0.25, 0.3) is 0 Å². The first-order valence-corrected chi connectivity index (χ1v) is 8.18. The molecule has 0 aliphatic heterocycles. The van der Waals surface area contributed by atoms with Crippen LogP contribution in [0.3, 0.4) is 0 Å². The van der Waals surface area contributed by atoms with E-state index in [0.29, 0.717) is 24.7 Å². The molecule has 0 unspecified atom stereocenters. The van der Waals surface area contributed by atoms with Crippen molar-refractivity contribution in [1.29, 1.82) is 0 Å². The van der Waals surface area contributed by atoms with Gasteiger partial charge in [-0.2, -0.15) is 0 Å². The topological polar surface area (TPSA) is 63.6 Å². The number of carboxylic acids is 1. The fourth-order valence-electron chi connectivity index (χ4n) is 2.44. The molecule has 1 fully saturated rings. The second-order valence-electron chi connectivity index (χ2n) is 4.99. The van der Waals surface area contributed by atoms with Crippen LogP contribution in [-0.4, -0.2) is 34.8 Å². The summed E-state index contributed by atoms with van der Waals surface area (Å²) >= 11 is 0. The molecule has 1 atom stereocenters. The van der Waals surface area contributed by atoms with Crippen LogP contribution in [0.1, 0.15) is 47.2 Å². The number of carboxylic acid groups (broad SMARTS) is 1. The van der Waals surface area contributed by atoms with Crippen molar-refractivity contribution < 1.29 is 18.8 Å². The molecule has 4 nitrogen and oxygen atoms in total. The van der Waals surface area contributed by atoms with Gasteiger partial charge in [-0.1, -0.05) is 13.0 Å². The van der Waals surface area contributed by atoms with Crippen molar-refractivity contribution in [3.05, 3.63) is 28.8 Å². The summed E-state index contributed by atoms with van der Waals surface area (Å²) in [4.78, 5) is 12.1. The third-order valence-electron chi connectivity index (χ3n) is 3.59. The first-order valence-electron chi connectivity index (χ1n) is 6.86. The van der Waals surface area contributed by atoms with Gasteiger partial charge >= 0.3 is 5.97 Å². The maximum absolute atomic E-state index is 12.5. The van der Waals surface area contributed by atoms with Gasteiger partial charge in [-0.15, -0.1) is 0 Å². The zero-order valence-corrected chi connectivity index (χ0v) is 12.7. The minimum Gasteiger partial charge on any atom is -0.478 e. The standard InChI is InChI=1S/C15H20O4S/c1-3-11-13(15(16)17)7-6-12(10-4-5-10)14(11)20(18)9-8-19-2/h6-7,10H,3-5,8-9H2,1-2H3,(H,16,17)/t20-/m1/s1. The van der Waals surface area contributed by atoms with Crippen LogP contribution in [0.2, 0.25) is 0 Å². The van der Waals surface area contributed by atoms with Gasteiger partial charge in [0.25, 0.3) is 0 Å². The molecule has 0 bridgehead atoms. The van der Waals surface area contributed by atoms with Gasteiger partial charge in [-0.3, -0.25) is 4.21 Å². The third kappa shape index (κ3) is 3.10. The summed E-state index contributed by atoms with van der Waals surface area (Å²) in [5.74, 6) is -0.0921. The van der Waals surface area contributed by atoms with Crippen molar-refractivity contribution in [1.82, 2.24) is 0 Å². The van der Waals surface area contributed by atoms with Crippen LogP contribution in [0.15, 0.2) is 17.0 Å². The van der Waals surface area contributed by atoms with E-state index in [1.807, 2.05) is 13.0 Å². The Bertz CT molecular complexity index is 535. The number of rotatable bonds is 7. The SMILES string of the molecule is CCc1c(C(=O)O)ccc(C2CC2)c1[S@](=O)CCOC. The molecule has 1 aromatic rings. The highest BCUT2D eigenvalue weighted by atomic mass is 32.2. The number of benzene rings is 1. The van der Waals surface area contributed by atoms with E-state index < -0.39 is 16.8 Å². The Kier molecular flexibility index (Phi) is 4.94. The van der Waals surface area contributed by atoms with Crippen LogP contribution in [0.4, 0.5) is 0 Å². The molecule has 1 saturated carbocycles. The lowest BCUT2D eigenvalue weighted by Crippen LogP contribution is -2.13. The number of hydrogen-bond donors (Lipinski definition) is 1. The lowest BCUT2D eigenvalue weighted by atomic mass is 9.99. The monoisotopic (exact) mass is 296 g/mol. The molecule has 1 N–H and O–H groups in total. The highest BCUT2D eigenvalue weighted by molar-refractivity contribution is 7.85. The third-order valence-corrected chi connectivity index (χ3v) is 5.07. The van der Waals surface area contributed by atoms with E-state index in [1.165, 1.54) is 0 Å². The van der Waals surface area contributed by atoms with Crippen LogP contribution in [-0.2, 0) is 22.0 Å². The van der Waals surface area contributed by atoms with Crippen molar-refractivity contribution in [3.63, 3.8) is 0 Å². The molecule has 1 aliphatic carbocycles.